The number of aryl methyl sites for hydroxylation is 3. The van der Waals surface area contributed by atoms with Gasteiger partial charge in [0.1, 0.15) is 10.8 Å². The molecule has 1 N–H and O–H groups in total. The van der Waals surface area contributed by atoms with Crippen LogP contribution in [0.2, 0.25) is 0 Å². The van der Waals surface area contributed by atoms with Crippen molar-refractivity contribution < 1.29 is 0 Å². The highest BCUT2D eigenvalue weighted by Gasteiger charge is 2.05. The van der Waals surface area contributed by atoms with Gasteiger partial charge in [-0.25, -0.2) is 9.97 Å². The molecule has 0 radical (unpaired) electrons. The second-order valence-corrected chi connectivity index (χ2v) is 5.56. The molecule has 0 unspecified atom stereocenters. The minimum absolute atomic E-state index is 0.482. The van der Waals surface area contributed by atoms with Crippen molar-refractivity contribution in [3.63, 3.8) is 0 Å². The maximum absolute atomic E-state index is 4.45. The molecular formula is C13H20N4S. The van der Waals surface area contributed by atoms with Crippen molar-refractivity contribution in [1.82, 2.24) is 19.9 Å². The number of thiazole rings is 1. The lowest BCUT2D eigenvalue weighted by atomic mass is 10.2. The van der Waals surface area contributed by atoms with Gasteiger partial charge in [0, 0.05) is 42.6 Å². The van der Waals surface area contributed by atoms with E-state index in [2.05, 4.69) is 32.2 Å². The summed E-state index contributed by atoms with van der Waals surface area (Å²) in [6.45, 7) is 8.16. The Morgan fingerprint density at radius 2 is 2.28 bits per heavy atom. The van der Waals surface area contributed by atoms with Gasteiger partial charge in [0.25, 0.3) is 0 Å². The van der Waals surface area contributed by atoms with Crippen LogP contribution in [-0.2, 0) is 13.1 Å². The van der Waals surface area contributed by atoms with E-state index >= 15 is 0 Å². The van der Waals surface area contributed by atoms with Crippen molar-refractivity contribution in [3.05, 3.63) is 34.3 Å². The molecule has 1 atom stereocenters. The first-order chi connectivity index (χ1) is 8.65. The summed E-state index contributed by atoms with van der Waals surface area (Å²) in [5, 5.41) is 6.77. The fourth-order valence-electron chi connectivity index (χ4n) is 1.82. The summed E-state index contributed by atoms with van der Waals surface area (Å²) >= 11 is 1.72. The summed E-state index contributed by atoms with van der Waals surface area (Å²) in [5.41, 5.74) is 1.11. The summed E-state index contributed by atoms with van der Waals surface area (Å²) in [6, 6.07) is 0.482. The number of imidazole rings is 1. The van der Waals surface area contributed by atoms with Crippen molar-refractivity contribution in [2.45, 2.75) is 46.3 Å². The lowest BCUT2D eigenvalue weighted by Gasteiger charge is -2.13. The molecule has 5 heteroatoms. The van der Waals surface area contributed by atoms with Crippen LogP contribution in [0, 0.1) is 13.8 Å². The molecule has 0 aliphatic carbocycles. The van der Waals surface area contributed by atoms with Crippen LogP contribution in [0.4, 0.5) is 0 Å². The largest absolute Gasteiger partial charge is 0.335 e. The Morgan fingerprint density at radius 3 is 2.89 bits per heavy atom. The molecule has 0 aliphatic rings. The molecule has 0 saturated heterocycles. The molecule has 0 amide bonds. The van der Waals surface area contributed by atoms with Gasteiger partial charge in [0.2, 0.25) is 0 Å². The second kappa shape index (κ2) is 6.11. The molecule has 0 aromatic carbocycles. The molecular weight excluding hydrogens is 244 g/mol. The molecule has 0 bridgehead atoms. The third-order valence-corrected chi connectivity index (χ3v) is 3.96. The van der Waals surface area contributed by atoms with E-state index in [0.717, 1.165) is 36.0 Å². The molecule has 0 aliphatic heterocycles. The van der Waals surface area contributed by atoms with E-state index < -0.39 is 0 Å². The number of hydrogen-bond acceptors (Lipinski definition) is 4. The van der Waals surface area contributed by atoms with Crippen molar-refractivity contribution in [3.8, 4) is 0 Å². The van der Waals surface area contributed by atoms with Gasteiger partial charge in [0.15, 0.2) is 0 Å². The van der Waals surface area contributed by atoms with Gasteiger partial charge >= 0.3 is 0 Å². The standard InChI is InChI=1S/C13H20N4S/c1-10(4-6-17-7-5-14-12(17)3)15-8-13-16-11(2)9-18-13/h5,7,9-10,15H,4,6,8H2,1-3H3/t10-/m0/s1. The molecule has 18 heavy (non-hydrogen) atoms. The number of aromatic nitrogens is 3. The summed E-state index contributed by atoms with van der Waals surface area (Å²) in [6.07, 6.45) is 4.99. The fraction of sp³-hybridized carbons (Fsp3) is 0.538. The van der Waals surface area contributed by atoms with Crippen LogP contribution in [0.5, 0.6) is 0 Å². The SMILES string of the molecule is Cc1csc(CN[C@@H](C)CCn2ccnc2C)n1. The van der Waals surface area contributed by atoms with Crippen molar-refractivity contribution >= 4 is 11.3 Å². The Balaban J connectivity index is 1.72. The first-order valence-electron chi connectivity index (χ1n) is 6.27. The molecule has 2 rings (SSSR count). The zero-order valence-electron chi connectivity index (χ0n) is 11.2. The third kappa shape index (κ3) is 3.65. The Labute approximate surface area is 112 Å². The zero-order chi connectivity index (χ0) is 13.0. The molecule has 0 spiro atoms. The molecule has 0 fully saturated rings. The van der Waals surface area contributed by atoms with Gasteiger partial charge in [-0.2, -0.15) is 0 Å². The Kier molecular flexibility index (Phi) is 4.49. The van der Waals surface area contributed by atoms with Crippen molar-refractivity contribution in [2.75, 3.05) is 0 Å². The topological polar surface area (TPSA) is 42.7 Å². The van der Waals surface area contributed by atoms with Crippen molar-refractivity contribution in [2.24, 2.45) is 0 Å². The van der Waals surface area contributed by atoms with Crippen LogP contribution < -0.4 is 5.32 Å². The van der Waals surface area contributed by atoms with E-state index in [9.17, 15) is 0 Å². The third-order valence-electron chi connectivity index (χ3n) is 2.99. The van der Waals surface area contributed by atoms with E-state index in [1.807, 2.05) is 26.2 Å². The van der Waals surface area contributed by atoms with Crippen LogP contribution in [0.1, 0.15) is 29.9 Å². The highest BCUT2D eigenvalue weighted by molar-refractivity contribution is 7.09. The van der Waals surface area contributed by atoms with Crippen LogP contribution in [0.15, 0.2) is 17.8 Å². The quantitative estimate of drug-likeness (QED) is 0.872. The van der Waals surface area contributed by atoms with E-state index in [1.165, 1.54) is 0 Å². The lowest BCUT2D eigenvalue weighted by molar-refractivity contribution is 0.471. The normalized spacial score (nSPS) is 12.8. The summed E-state index contributed by atoms with van der Waals surface area (Å²) in [4.78, 5) is 8.67. The molecule has 98 valence electrons. The van der Waals surface area contributed by atoms with E-state index in [0.29, 0.717) is 6.04 Å². The zero-order valence-corrected chi connectivity index (χ0v) is 12.0. The summed E-state index contributed by atoms with van der Waals surface area (Å²) in [7, 11) is 0. The second-order valence-electron chi connectivity index (χ2n) is 4.62. The average molecular weight is 264 g/mol. The number of rotatable bonds is 6. The summed E-state index contributed by atoms with van der Waals surface area (Å²) < 4.78 is 2.19. The van der Waals surface area contributed by atoms with Crippen molar-refractivity contribution in [1.29, 1.82) is 0 Å². The fourth-order valence-corrected chi connectivity index (χ4v) is 2.54. The minimum atomic E-state index is 0.482. The maximum atomic E-state index is 4.45. The predicted octanol–water partition coefficient (Wildman–Crippen LogP) is 2.52. The van der Waals surface area contributed by atoms with E-state index in [1.54, 1.807) is 11.3 Å². The molecule has 4 nitrogen and oxygen atoms in total. The van der Waals surface area contributed by atoms with E-state index in [-0.39, 0.29) is 0 Å². The number of nitrogens with zero attached hydrogens (tertiary/aromatic N) is 3. The number of nitrogens with one attached hydrogen (secondary N) is 1. The van der Waals surface area contributed by atoms with Crippen LogP contribution in [0.25, 0.3) is 0 Å². The lowest BCUT2D eigenvalue weighted by Crippen LogP contribution is -2.26. The van der Waals surface area contributed by atoms with Gasteiger partial charge in [-0.3, -0.25) is 0 Å². The molecule has 2 aromatic rings. The molecule has 2 aromatic heterocycles. The Bertz CT molecular complexity index is 489. The summed E-state index contributed by atoms with van der Waals surface area (Å²) in [5.74, 6) is 1.08. The maximum Gasteiger partial charge on any atom is 0.107 e. The van der Waals surface area contributed by atoms with Gasteiger partial charge in [-0.15, -0.1) is 11.3 Å². The van der Waals surface area contributed by atoms with E-state index in [4.69, 9.17) is 0 Å². The number of hydrogen-bond donors (Lipinski definition) is 1. The van der Waals surface area contributed by atoms with Gasteiger partial charge < -0.3 is 9.88 Å². The van der Waals surface area contributed by atoms with Gasteiger partial charge in [0.05, 0.1) is 0 Å². The monoisotopic (exact) mass is 264 g/mol. The predicted molar refractivity (Wildman–Crippen MR) is 74.7 cm³/mol. The van der Waals surface area contributed by atoms with Crippen LogP contribution in [-0.4, -0.2) is 20.6 Å². The molecule has 0 saturated carbocycles. The smallest absolute Gasteiger partial charge is 0.107 e. The van der Waals surface area contributed by atoms with Crippen LogP contribution >= 0.6 is 11.3 Å². The Hall–Kier alpha value is -1.20. The first-order valence-corrected chi connectivity index (χ1v) is 7.15. The van der Waals surface area contributed by atoms with Gasteiger partial charge in [-0.05, 0) is 27.2 Å². The first kappa shape index (κ1) is 13.2. The average Bonchev–Trinajstić information content (AvgIpc) is 2.93. The van der Waals surface area contributed by atoms with Gasteiger partial charge in [-0.1, -0.05) is 0 Å². The molecule has 2 heterocycles. The Morgan fingerprint density at radius 1 is 1.44 bits per heavy atom. The highest BCUT2D eigenvalue weighted by atomic mass is 32.1. The van der Waals surface area contributed by atoms with Crippen LogP contribution in [0.3, 0.4) is 0 Å². The highest BCUT2D eigenvalue weighted by Crippen LogP contribution is 2.09. The minimum Gasteiger partial charge on any atom is -0.335 e.